The van der Waals surface area contributed by atoms with Gasteiger partial charge in [-0.15, -0.1) is 10.2 Å². The number of carbonyl (C=O) groups excluding carboxylic acids is 1. The van der Waals surface area contributed by atoms with Crippen molar-refractivity contribution in [2.24, 2.45) is 5.92 Å². The molecule has 1 N–H and O–H groups in total. The Morgan fingerprint density at radius 3 is 2.89 bits per heavy atom. The summed E-state index contributed by atoms with van der Waals surface area (Å²) < 4.78 is 33.1. The van der Waals surface area contributed by atoms with Crippen molar-refractivity contribution in [1.29, 1.82) is 0 Å². The SMILES string of the molecule is Cc1nnc(NS(=O)(=O)c2ccc3c(c2)CN(C(=O)[C@H]2CCOC2)CC3)s1. The zero-order valence-corrected chi connectivity index (χ0v) is 16.5. The number of benzene rings is 1. The average Bonchev–Trinajstić information content (AvgIpc) is 3.32. The van der Waals surface area contributed by atoms with Gasteiger partial charge in [0, 0.05) is 19.7 Å². The zero-order chi connectivity index (χ0) is 19.0. The van der Waals surface area contributed by atoms with Crippen molar-refractivity contribution >= 4 is 32.4 Å². The van der Waals surface area contributed by atoms with E-state index < -0.39 is 10.0 Å². The molecule has 0 radical (unpaired) electrons. The first-order chi connectivity index (χ1) is 12.9. The summed E-state index contributed by atoms with van der Waals surface area (Å²) in [7, 11) is -3.75. The van der Waals surface area contributed by atoms with Crippen molar-refractivity contribution < 1.29 is 17.9 Å². The molecule has 2 aliphatic rings. The first kappa shape index (κ1) is 18.3. The van der Waals surface area contributed by atoms with Crippen LogP contribution in [-0.2, 0) is 32.5 Å². The molecule has 1 atom stereocenters. The van der Waals surface area contributed by atoms with Gasteiger partial charge in [-0.1, -0.05) is 17.4 Å². The molecule has 3 heterocycles. The molecule has 0 spiro atoms. The number of nitrogens with zero attached hydrogens (tertiary/aromatic N) is 3. The van der Waals surface area contributed by atoms with E-state index in [9.17, 15) is 13.2 Å². The lowest BCUT2D eigenvalue weighted by Crippen LogP contribution is -2.40. The largest absolute Gasteiger partial charge is 0.381 e. The van der Waals surface area contributed by atoms with E-state index in [1.807, 2.05) is 6.07 Å². The van der Waals surface area contributed by atoms with E-state index in [0.29, 0.717) is 31.3 Å². The van der Waals surface area contributed by atoms with Gasteiger partial charge in [-0.2, -0.15) is 0 Å². The van der Waals surface area contributed by atoms with Gasteiger partial charge >= 0.3 is 0 Å². The van der Waals surface area contributed by atoms with Crippen LogP contribution < -0.4 is 4.72 Å². The third-order valence-electron chi connectivity index (χ3n) is 4.84. The van der Waals surface area contributed by atoms with Crippen LogP contribution in [0.25, 0.3) is 0 Å². The van der Waals surface area contributed by atoms with Crippen LogP contribution in [0.1, 0.15) is 22.6 Å². The second-order valence-corrected chi connectivity index (χ2v) is 9.60. The quantitative estimate of drug-likeness (QED) is 0.824. The monoisotopic (exact) mass is 408 g/mol. The molecular weight excluding hydrogens is 388 g/mol. The minimum Gasteiger partial charge on any atom is -0.381 e. The van der Waals surface area contributed by atoms with Crippen molar-refractivity contribution in [1.82, 2.24) is 15.1 Å². The van der Waals surface area contributed by atoms with Crippen LogP contribution in [0, 0.1) is 12.8 Å². The zero-order valence-electron chi connectivity index (χ0n) is 14.8. The van der Waals surface area contributed by atoms with Crippen molar-refractivity contribution in [3.05, 3.63) is 34.3 Å². The fraction of sp³-hybridized carbons (Fsp3) is 0.471. The van der Waals surface area contributed by atoms with E-state index in [4.69, 9.17) is 4.74 Å². The van der Waals surface area contributed by atoms with Crippen LogP contribution in [0.2, 0.25) is 0 Å². The van der Waals surface area contributed by atoms with Crippen molar-refractivity contribution in [3.63, 3.8) is 0 Å². The second kappa shape index (κ2) is 7.17. The fourth-order valence-corrected chi connectivity index (χ4v) is 5.26. The summed E-state index contributed by atoms with van der Waals surface area (Å²) in [4.78, 5) is 14.6. The van der Waals surface area contributed by atoms with Crippen molar-refractivity contribution in [3.8, 4) is 0 Å². The van der Waals surface area contributed by atoms with Crippen molar-refractivity contribution in [2.75, 3.05) is 24.5 Å². The van der Waals surface area contributed by atoms with E-state index in [1.165, 1.54) is 11.3 Å². The number of aromatic nitrogens is 2. The van der Waals surface area contributed by atoms with Crippen molar-refractivity contribution in [2.45, 2.75) is 31.2 Å². The summed E-state index contributed by atoms with van der Waals surface area (Å²) in [6.07, 6.45) is 1.47. The molecule has 0 unspecified atom stereocenters. The molecule has 2 aromatic rings. The molecule has 1 aromatic heterocycles. The Labute approximate surface area is 161 Å². The summed E-state index contributed by atoms with van der Waals surface area (Å²) in [6, 6.07) is 5.07. The van der Waals surface area contributed by atoms with Gasteiger partial charge in [0.25, 0.3) is 10.0 Å². The smallest absolute Gasteiger partial charge is 0.263 e. The van der Waals surface area contributed by atoms with Gasteiger partial charge in [0.15, 0.2) is 0 Å². The summed E-state index contributed by atoms with van der Waals surface area (Å²) in [5.74, 6) is 0.00893. The maximum absolute atomic E-state index is 12.7. The fourth-order valence-electron chi connectivity index (χ4n) is 3.39. The molecule has 2 aliphatic heterocycles. The maximum Gasteiger partial charge on any atom is 0.263 e. The van der Waals surface area contributed by atoms with E-state index in [-0.39, 0.29) is 21.9 Å². The van der Waals surface area contributed by atoms with Gasteiger partial charge in [-0.05, 0) is 43.0 Å². The van der Waals surface area contributed by atoms with Gasteiger partial charge in [0.05, 0.1) is 17.4 Å². The number of carbonyl (C=O) groups is 1. The van der Waals surface area contributed by atoms with E-state index >= 15 is 0 Å². The molecule has 8 nitrogen and oxygen atoms in total. The number of hydrogen-bond acceptors (Lipinski definition) is 7. The molecule has 0 bridgehead atoms. The van der Waals surface area contributed by atoms with E-state index in [0.717, 1.165) is 24.0 Å². The standard InChI is InChI=1S/C17H20N4O4S2/c1-11-18-19-17(26-11)20-27(23,24)15-3-2-12-4-6-21(9-14(12)8-15)16(22)13-5-7-25-10-13/h2-3,8,13H,4-7,9-10H2,1H3,(H,19,20)/t13-/m0/s1. The number of ether oxygens (including phenoxy) is 1. The van der Waals surface area contributed by atoms with Crippen LogP contribution in [0.15, 0.2) is 23.1 Å². The van der Waals surface area contributed by atoms with Gasteiger partial charge in [-0.3, -0.25) is 9.52 Å². The number of aryl methyl sites for hydroxylation is 1. The topological polar surface area (TPSA) is 101 Å². The molecule has 1 saturated heterocycles. The van der Waals surface area contributed by atoms with E-state index in [1.54, 1.807) is 24.0 Å². The van der Waals surface area contributed by atoms with Crippen LogP contribution in [0.5, 0.6) is 0 Å². The average molecular weight is 409 g/mol. The Hall–Kier alpha value is -2.04. The molecule has 1 aromatic carbocycles. The molecule has 0 aliphatic carbocycles. The number of fused-ring (bicyclic) bond motifs is 1. The predicted octanol–water partition coefficient (Wildman–Crippen LogP) is 1.57. The highest BCUT2D eigenvalue weighted by molar-refractivity contribution is 7.93. The lowest BCUT2D eigenvalue weighted by atomic mass is 9.98. The number of sulfonamides is 1. The molecule has 27 heavy (non-hydrogen) atoms. The number of amides is 1. The molecule has 0 saturated carbocycles. The third-order valence-corrected chi connectivity index (χ3v) is 7.06. The molecule has 10 heteroatoms. The van der Waals surface area contributed by atoms with Crippen LogP contribution in [0.4, 0.5) is 5.13 Å². The molecular formula is C17H20N4O4S2. The van der Waals surface area contributed by atoms with Gasteiger partial charge in [0.2, 0.25) is 11.0 Å². The summed E-state index contributed by atoms with van der Waals surface area (Å²) in [5, 5.41) is 8.55. The Morgan fingerprint density at radius 2 is 2.19 bits per heavy atom. The summed E-state index contributed by atoms with van der Waals surface area (Å²) >= 11 is 1.18. The van der Waals surface area contributed by atoms with E-state index in [2.05, 4.69) is 14.9 Å². The Balaban J connectivity index is 1.54. The highest BCUT2D eigenvalue weighted by Gasteiger charge is 2.30. The minimum absolute atomic E-state index is 0.0826. The van der Waals surface area contributed by atoms with Gasteiger partial charge in [-0.25, -0.2) is 8.42 Å². The summed E-state index contributed by atoms with van der Waals surface area (Å²) in [6.45, 7) is 3.93. The number of anilines is 1. The highest BCUT2D eigenvalue weighted by atomic mass is 32.2. The second-order valence-electron chi connectivity index (χ2n) is 6.73. The predicted molar refractivity (Wildman–Crippen MR) is 99.9 cm³/mol. The Bertz CT molecular complexity index is 967. The third kappa shape index (κ3) is 3.83. The van der Waals surface area contributed by atoms with Crippen LogP contribution in [-0.4, -0.2) is 49.2 Å². The first-order valence-electron chi connectivity index (χ1n) is 8.73. The van der Waals surface area contributed by atoms with Crippen LogP contribution >= 0.6 is 11.3 Å². The highest BCUT2D eigenvalue weighted by Crippen LogP contribution is 2.26. The van der Waals surface area contributed by atoms with Crippen LogP contribution in [0.3, 0.4) is 0 Å². The van der Waals surface area contributed by atoms with Gasteiger partial charge in [0.1, 0.15) is 5.01 Å². The Kier molecular flexibility index (Phi) is 4.87. The molecule has 1 fully saturated rings. The number of nitrogens with one attached hydrogen (secondary N) is 1. The lowest BCUT2D eigenvalue weighted by Gasteiger charge is -2.30. The number of hydrogen-bond donors (Lipinski definition) is 1. The maximum atomic E-state index is 12.7. The molecule has 144 valence electrons. The van der Waals surface area contributed by atoms with Gasteiger partial charge < -0.3 is 9.64 Å². The first-order valence-corrected chi connectivity index (χ1v) is 11.0. The minimum atomic E-state index is -3.75. The normalized spacial score (nSPS) is 19.7. The molecule has 4 rings (SSSR count). The molecule has 1 amide bonds. The lowest BCUT2D eigenvalue weighted by molar-refractivity contribution is -0.136. The summed E-state index contributed by atoms with van der Waals surface area (Å²) in [5.41, 5.74) is 1.94. The number of rotatable bonds is 4. The Morgan fingerprint density at radius 1 is 1.33 bits per heavy atom.